The summed E-state index contributed by atoms with van der Waals surface area (Å²) < 4.78 is 4.77. The lowest BCUT2D eigenvalue weighted by Gasteiger charge is -2.22. The maximum Gasteiger partial charge on any atom is 0.349 e. The van der Waals surface area contributed by atoms with Gasteiger partial charge in [-0.25, -0.2) is 9.78 Å². The lowest BCUT2D eigenvalue weighted by molar-refractivity contribution is 0.0606. The van der Waals surface area contributed by atoms with Crippen molar-refractivity contribution in [2.75, 3.05) is 7.11 Å². The van der Waals surface area contributed by atoms with E-state index in [9.17, 15) is 9.90 Å². The molecule has 0 aliphatic heterocycles. The van der Waals surface area contributed by atoms with Crippen molar-refractivity contribution >= 4 is 28.9 Å². The first-order valence-corrected chi connectivity index (χ1v) is 13.2. The highest BCUT2D eigenvalue weighted by Crippen LogP contribution is 2.41. The minimum absolute atomic E-state index is 0.254. The van der Waals surface area contributed by atoms with E-state index in [1.54, 1.807) is 6.20 Å². The van der Waals surface area contributed by atoms with Crippen LogP contribution in [0.3, 0.4) is 0 Å². The van der Waals surface area contributed by atoms with Gasteiger partial charge in [-0.1, -0.05) is 44.0 Å². The molecule has 4 atom stereocenters. The van der Waals surface area contributed by atoms with Gasteiger partial charge in [-0.05, 0) is 74.3 Å². The number of thiazole rings is 1. The Hall–Kier alpha value is -1.43. The topological polar surface area (TPSA) is 59.4 Å². The average molecular weight is 478 g/mol. The monoisotopic (exact) mass is 477 g/mol. The number of unbranched alkanes of at least 4 members (excludes halogenated alkanes) is 1. The van der Waals surface area contributed by atoms with Gasteiger partial charge in [-0.3, -0.25) is 0 Å². The Morgan fingerprint density at radius 2 is 2.12 bits per heavy atom. The summed E-state index contributed by atoms with van der Waals surface area (Å²) in [5.41, 5.74) is 2.34. The van der Waals surface area contributed by atoms with Gasteiger partial charge < -0.3 is 9.84 Å². The van der Waals surface area contributed by atoms with Crippen LogP contribution < -0.4 is 0 Å². The summed E-state index contributed by atoms with van der Waals surface area (Å²) >= 11 is 8.16. The van der Waals surface area contributed by atoms with Crippen LogP contribution in [0.1, 0.15) is 90.2 Å². The second kappa shape index (κ2) is 12.7. The molecular weight excluding hydrogens is 442 g/mol. The summed E-state index contributed by atoms with van der Waals surface area (Å²) in [4.78, 5) is 16.5. The summed E-state index contributed by atoms with van der Waals surface area (Å²) in [6, 6.07) is 8.46. The van der Waals surface area contributed by atoms with Crippen LogP contribution >= 0.6 is 22.9 Å². The second-order valence-electron chi connectivity index (χ2n) is 8.96. The highest BCUT2D eigenvalue weighted by atomic mass is 35.5. The number of aliphatic hydroxyl groups is 1. The number of aryl methyl sites for hydroxylation is 2. The van der Waals surface area contributed by atoms with E-state index in [1.165, 1.54) is 30.4 Å². The maximum absolute atomic E-state index is 11.6. The van der Waals surface area contributed by atoms with Crippen molar-refractivity contribution in [1.29, 1.82) is 0 Å². The first kappa shape index (κ1) is 25.2. The molecule has 1 heterocycles. The summed E-state index contributed by atoms with van der Waals surface area (Å²) in [6.07, 6.45) is 11.7. The van der Waals surface area contributed by atoms with Gasteiger partial charge in [0.05, 0.1) is 24.4 Å². The molecule has 2 aromatic rings. The number of hydrogen-bond donors (Lipinski definition) is 1. The third kappa shape index (κ3) is 7.03. The van der Waals surface area contributed by atoms with Gasteiger partial charge in [-0.15, -0.1) is 22.9 Å². The fourth-order valence-electron chi connectivity index (χ4n) is 4.86. The van der Waals surface area contributed by atoms with Crippen LogP contribution in [0, 0.1) is 11.8 Å². The van der Waals surface area contributed by atoms with Crippen molar-refractivity contribution in [3.05, 3.63) is 51.5 Å². The Balaban J connectivity index is 1.49. The Kier molecular flexibility index (Phi) is 10.0. The van der Waals surface area contributed by atoms with Crippen molar-refractivity contribution in [1.82, 2.24) is 4.98 Å². The number of carbonyl (C=O) groups is 1. The summed E-state index contributed by atoms with van der Waals surface area (Å²) in [6.45, 7) is 2.15. The predicted molar refractivity (Wildman–Crippen MR) is 131 cm³/mol. The van der Waals surface area contributed by atoms with Crippen LogP contribution in [-0.2, 0) is 17.6 Å². The van der Waals surface area contributed by atoms with Gasteiger partial charge in [-0.2, -0.15) is 0 Å². The number of methoxy groups -OCH3 is 1. The Morgan fingerprint density at radius 1 is 1.28 bits per heavy atom. The van der Waals surface area contributed by atoms with E-state index in [4.69, 9.17) is 16.3 Å². The molecule has 0 amide bonds. The van der Waals surface area contributed by atoms with Crippen molar-refractivity contribution in [2.24, 2.45) is 11.8 Å². The molecule has 176 valence electrons. The van der Waals surface area contributed by atoms with E-state index >= 15 is 0 Å². The third-order valence-electron chi connectivity index (χ3n) is 6.72. The number of aromatic nitrogens is 1. The highest BCUT2D eigenvalue weighted by Gasteiger charge is 2.34. The largest absolute Gasteiger partial charge is 0.465 e. The molecule has 6 heteroatoms. The third-order valence-corrected chi connectivity index (χ3v) is 8.30. The normalized spacial score (nSPS) is 21.6. The minimum atomic E-state index is -0.361. The fraction of sp³-hybridized carbons (Fsp3) is 0.615. The van der Waals surface area contributed by atoms with Crippen molar-refractivity contribution in [3.63, 3.8) is 0 Å². The molecular formula is C26H36ClNO3S. The number of carbonyl (C=O) groups excluding carboxylic acids is 1. The first-order chi connectivity index (χ1) is 15.5. The molecule has 1 aliphatic carbocycles. The van der Waals surface area contributed by atoms with Crippen molar-refractivity contribution in [2.45, 2.75) is 82.6 Å². The smallest absolute Gasteiger partial charge is 0.349 e. The zero-order valence-electron chi connectivity index (χ0n) is 19.3. The second-order valence-corrected chi connectivity index (χ2v) is 10.6. The molecule has 1 N–H and O–H groups in total. The van der Waals surface area contributed by atoms with Crippen molar-refractivity contribution in [3.8, 4) is 0 Å². The van der Waals surface area contributed by atoms with Crippen LogP contribution in [0.15, 0.2) is 30.5 Å². The lowest BCUT2D eigenvalue weighted by Crippen LogP contribution is -2.16. The quantitative estimate of drug-likeness (QED) is 0.271. The number of esters is 1. The molecule has 0 spiro atoms. The molecule has 1 fully saturated rings. The molecule has 2 unspecified atom stereocenters. The minimum Gasteiger partial charge on any atom is -0.465 e. The van der Waals surface area contributed by atoms with E-state index < -0.39 is 0 Å². The van der Waals surface area contributed by atoms with Gasteiger partial charge in [0.2, 0.25) is 0 Å². The van der Waals surface area contributed by atoms with Gasteiger partial charge in [0.1, 0.15) is 4.88 Å². The summed E-state index contributed by atoms with van der Waals surface area (Å²) in [7, 11) is 1.40. The number of hydrogen-bond acceptors (Lipinski definition) is 5. The number of benzene rings is 1. The highest BCUT2D eigenvalue weighted by molar-refractivity contribution is 7.13. The molecule has 0 saturated heterocycles. The number of rotatable bonds is 12. The standard InChI is InChI=1S/C26H36ClNO3S/c1-3-4-10-23(29)20-9-5-7-18(16-20)12-14-21-19(13-15-22(21)27)8-6-11-25-28-17-24(32-25)26(30)31-2/h5,7,9,16-17,19,21-23,29H,3-4,6,8,10-15H2,1-2H3/t19-,21+,22?,23?/m0/s1. The SMILES string of the molecule is CCCCC(O)c1cccc(CC[C@H]2C(Cl)CC[C@@H]2CCCc2ncc(C(=O)OC)s2)c1. The Labute approximate surface area is 201 Å². The van der Waals surface area contributed by atoms with Gasteiger partial charge in [0.15, 0.2) is 0 Å². The van der Waals surface area contributed by atoms with Gasteiger partial charge in [0.25, 0.3) is 0 Å². The van der Waals surface area contributed by atoms with E-state index in [-0.39, 0.29) is 17.5 Å². The summed E-state index contributed by atoms with van der Waals surface area (Å²) in [5.74, 6) is 0.875. The Morgan fingerprint density at radius 3 is 2.91 bits per heavy atom. The van der Waals surface area contributed by atoms with Crippen LogP contribution in [0.2, 0.25) is 0 Å². The van der Waals surface area contributed by atoms with E-state index in [0.29, 0.717) is 16.7 Å². The zero-order chi connectivity index (χ0) is 22.9. The molecule has 1 saturated carbocycles. The van der Waals surface area contributed by atoms with Crippen LogP contribution in [-0.4, -0.2) is 28.5 Å². The zero-order valence-corrected chi connectivity index (χ0v) is 20.8. The average Bonchev–Trinajstić information content (AvgIpc) is 3.42. The van der Waals surface area contributed by atoms with Gasteiger partial charge >= 0.3 is 5.97 Å². The number of nitrogens with zero attached hydrogens (tertiary/aromatic N) is 1. The van der Waals surface area contributed by atoms with E-state index in [0.717, 1.165) is 68.4 Å². The molecule has 1 aromatic carbocycles. The molecule has 0 radical (unpaired) electrons. The predicted octanol–water partition coefficient (Wildman–Crippen LogP) is 6.74. The first-order valence-electron chi connectivity index (χ1n) is 12.0. The van der Waals surface area contributed by atoms with Crippen LogP contribution in [0.25, 0.3) is 0 Å². The molecule has 4 nitrogen and oxygen atoms in total. The number of halogens is 1. The molecule has 1 aromatic heterocycles. The molecule has 32 heavy (non-hydrogen) atoms. The molecule has 3 rings (SSSR count). The maximum atomic E-state index is 11.6. The van der Waals surface area contributed by atoms with Gasteiger partial charge in [0, 0.05) is 5.38 Å². The van der Waals surface area contributed by atoms with Crippen molar-refractivity contribution < 1.29 is 14.6 Å². The van der Waals surface area contributed by atoms with E-state index in [1.807, 2.05) is 6.07 Å². The number of ether oxygens (including phenoxy) is 1. The number of aliphatic hydroxyl groups excluding tert-OH is 1. The Bertz CT molecular complexity index is 855. The number of alkyl halides is 1. The van der Waals surface area contributed by atoms with Crippen LogP contribution in [0.4, 0.5) is 0 Å². The molecule has 1 aliphatic rings. The molecule has 0 bridgehead atoms. The van der Waals surface area contributed by atoms with E-state index in [2.05, 4.69) is 30.1 Å². The lowest BCUT2D eigenvalue weighted by atomic mass is 9.86. The fourth-order valence-corrected chi connectivity index (χ4v) is 6.20. The van der Waals surface area contributed by atoms with Crippen LogP contribution in [0.5, 0.6) is 0 Å². The summed E-state index contributed by atoms with van der Waals surface area (Å²) in [5, 5.41) is 11.7.